The monoisotopic (exact) mass is 375 g/mol. The van der Waals surface area contributed by atoms with Crippen molar-refractivity contribution < 1.29 is 5.11 Å². The van der Waals surface area contributed by atoms with Gasteiger partial charge in [-0.15, -0.1) is 24.0 Å². The molecule has 19 heavy (non-hydrogen) atoms. The number of guanidine groups is 1. The SMILES string of the molecule is Cc1cccc(C(O)CN=C(N)N(C)C2CC2)c1.I. The van der Waals surface area contributed by atoms with Crippen LogP contribution in [0.5, 0.6) is 0 Å². The molecule has 0 aliphatic heterocycles. The van der Waals surface area contributed by atoms with Crippen LogP contribution in [-0.2, 0) is 0 Å². The molecule has 1 saturated carbocycles. The Morgan fingerprint density at radius 1 is 1.53 bits per heavy atom. The lowest BCUT2D eigenvalue weighted by Gasteiger charge is -2.17. The van der Waals surface area contributed by atoms with Gasteiger partial charge in [-0.25, -0.2) is 0 Å². The molecule has 1 aliphatic carbocycles. The van der Waals surface area contributed by atoms with Gasteiger partial charge in [-0.1, -0.05) is 29.8 Å². The van der Waals surface area contributed by atoms with E-state index in [1.54, 1.807) is 0 Å². The summed E-state index contributed by atoms with van der Waals surface area (Å²) in [5.41, 5.74) is 7.91. The molecule has 106 valence electrons. The van der Waals surface area contributed by atoms with E-state index in [4.69, 9.17) is 5.73 Å². The van der Waals surface area contributed by atoms with Crippen LogP contribution < -0.4 is 5.73 Å². The summed E-state index contributed by atoms with van der Waals surface area (Å²) >= 11 is 0. The smallest absolute Gasteiger partial charge is 0.191 e. The molecule has 1 atom stereocenters. The number of hydrogen-bond donors (Lipinski definition) is 2. The van der Waals surface area contributed by atoms with Gasteiger partial charge in [-0.3, -0.25) is 4.99 Å². The van der Waals surface area contributed by atoms with Crippen molar-refractivity contribution in [2.75, 3.05) is 13.6 Å². The van der Waals surface area contributed by atoms with Crippen molar-refractivity contribution in [3.05, 3.63) is 35.4 Å². The summed E-state index contributed by atoms with van der Waals surface area (Å²) in [5, 5.41) is 10.0. The first-order chi connectivity index (χ1) is 8.58. The van der Waals surface area contributed by atoms with Crippen molar-refractivity contribution in [3.8, 4) is 0 Å². The standard InChI is InChI=1S/C14H21N3O.HI/c1-10-4-3-5-11(8-10)13(18)9-16-14(15)17(2)12-6-7-12;/h3-5,8,12-13,18H,6-7,9H2,1-2H3,(H2,15,16);1H. The highest BCUT2D eigenvalue weighted by Gasteiger charge is 2.27. The van der Waals surface area contributed by atoms with E-state index in [1.807, 2.05) is 43.1 Å². The molecule has 0 bridgehead atoms. The summed E-state index contributed by atoms with van der Waals surface area (Å²) < 4.78 is 0. The first kappa shape index (κ1) is 16.2. The second-order valence-corrected chi connectivity index (χ2v) is 4.97. The molecule has 0 aromatic heterocycles. The highest BCUT2D eigenvalue weighted by Crippen LogP contribution is 2.25. The number of aliphatic imine (C=N–C) groups is 1. The molecule has 2 rings (SSSR count). The maximum Gasteiger partial charge on any atom is 0.191 e. The van der Waals surface area contributed by atoms with Gasteiger partial charge in [-0.2, -0.15) is 0 Å². The number of nitrogens with two attached hydrogens (primary N) is 1. The molecule has 0 heterocycles. The van der Waals surface area contributed by atoms with Crippen molar-refractivity contribution in [1.82, 2.24) is 4.90 Å². The van der Waals surface area contributed by atoms with Gasteiger partial charge < -0.3 is 15.7 Å². The lowest BCUT2D eigenvalue weighted by atomic mass is 10.1. The summed E-state index contributed by atoms with van der Waals surface area (Å²) in [4.78, 5) is 6.25. The van der Waals surface area contributed by atoms with Gasteiger partial charge in [0, 0.05) is 13.1 Å². The summed E-state index contributed by atoms with van der Waals surface area (Å²) in [5.74, 6) is 0.518. The zero-order chi connectivity index (χ0) is 13.1. The Labute approximate surface area is 131 Å². The van der Waals surface area contributed by atoms with Crippen LogP contribution in [-0.4, -0.2) is 35.6 Å². The van der Waals surface area contributed by atoms with E-state index in [0.29, 0.717) is 18.5 Å². The highest BCUT2D eigenvalue weighted by atomic mass is 127. The molecule has 1 aromatic carbocycles. The van der Waals surface area contributed by atoms with Gasteiger partial charge in [-0.05, 0) is 25.3 Å². The third kappa shape index (κ3) is 4.65. The number of aliphatic hydroxyl groups excluding tert-OH is 1. The zero-order valence-electron chi connectivity index (χ0n) is 11.4. The summed E-state index contributed by atoms with van der Waals surface area (Å²) in [6.45, 7) is 2.32. The average Bonchev–Trinajstić information content (AvgIpc) is 3.18. The van der Waals surface area contributed by atoms with E-state index >= 15 is 0 Å². The predicted molar refractivity (Wildman–Crippen MR) is 88.8 cm³/mol. The number of hydrogen-bond acceptors (Lipinski definition) is 2. The number of benzene rings is 1. The molecule has 5 heteroatoms. The third-order valence-electron chi connectivity index (χ3n) is 3.31. The molecular weight excluding hydrogens is 353 g/mol. The quantitative estimate of drug-likeness (QED) is 0.481. The van der Waals surface area contributed by atoms with E-state index < -0.39 is 6.10 Å². The van der Waals surface area contributed by atoms with Crippen LogP contribution in [0.1, 0.15) is 30.1 Å². The van der Waals surface area contributed by atoms with Gasteiger partial charge in [0.1, 0.15) is 0 Å². The van der Waals surface area contributed by atoms with Crippen molar-refractivity contribution >= 4 is 29.9 Å². The second kappa shape index (κ2) is 7.09. The first-order valence-corrected chi connectivity index (χ1v) is 6.35. The molecule has 1 unspecified atom stereocenters. The van der Waals surface area contributed by atoms with Gasteiger partial charge in [0.25, 0.3) is 0 Å². The Bertz CT molecular complexity index is 446. The molecule has 0 saturated heterocycles. The van der Waals surface area contributed by atoms with Gasteiger partial charge in [0.05, 0.1) is 12.6 Å². The second-order valence-electron chi connectivity index (χ2n) is 4.97. The Morgan fingerprint density at radius 2 is 2.21 bits per heavy atom. The van der Waals surface area contributed by atoms with Crippen LogP contribution in [0.3, 0.4) is 0 Å². The van der Waals surface area contributed by atoms with Crippen LogP contribution in [0.4, 0.5) is 0 Å². The van der Waals surface area contributed by atoms with E-state index in [-0.39, 0.29) is 24.0 Å². The van der Waals surface area contributed by atoms with Crippen LogP contribution in [0.2, 0.25) is 0 Å². The molecule has 0 radical (unpaired) electrons. The number of rotatable bonds is 4. The Hall–Kier alpha value is -0.820. The van der Waals surface area contributed by atoms with Gasteiger partial charge >= 0.3 is 0 Å². The van der Waals surface area contributed by atoms with E-state index in [2.05, 4.69) is 4.99 Å². The van der Waals surface area contributed by atoms with E-state index in [1.165, 1.54) is 12.8 Å². The first-order valence-electron chi connectivity index (χ1n) is 6.35. The Morgan fingerprint density at radius 3 is 2.79 bits per heavy atom. The normalized spacial score (nSPS) is 16.7. The van der Waals surface area contributed by atoms with Crippen LogP contribution in [0.25, 0.3) is 0 Å². The lowest BCUT2D eigenvalue weighted by Crippen LogP contribution is -2.36. The van der Waals surface area contributed by atoms with Crippen molar-refractivity contribution in [3.63, 3.8) is 0 Å². The fourth-order valence-corrected chi connectivity index (χ4v) is 1.92. The average molecular weight is 375 g/mol. The molecule has 0 spiro atoms. The van der Waals surface area contributed by atoms with Crippen LogP contribution in [0.15, 0.2) is 29.3 Å². The lowest BCUT2D eigenvalue weighted by molar-refractivity contribution is 0.186. The molecule has 1 aliphatic rings. The van der Waals surface area contributed by atoms with Crippen LogP contribution >= 0.6 is 24.0 Å². The summed E-state index contributed by atoms with van der Waals surface area (Å²) in [7, 11) is 1.95. The fraction of sp³-hybridized carbons (Fsp3) is 0.500. The highest BCUT2D eigenvalue weighted by molar-refractivity contribution is 14.0. The number of aliphatic hydroxyl groups is 1. The van der Waals surface area contributed by atoms with E-state index in [0.717, 1.165) is 11.1 Å². The minimum Gasteiger partial charge on any atom is -0.386 e. The fourth-order valence-electron chi connectivity index (χ4n) is 1.92. The Kier molecular flexibility index (Phi) is 6.06. The number of aryl methyl sites for hydroxylation is 1. The molecule has 1 aromatic rings. The molecule has 4 nitrogen and oxygen atoms in total. The topological polar surface area (TPSA) is 61.9 Å². The minimum atomic E-state index is -0.587. The number of halogens is 1. The predicted octanol–water partition coefficient (Wildman–Crippen LogP) is 2.06. The van der Waals surface area contributed by atoms with Crippen molar-refractivity contribution in [2.24, 2.45) is 10.7 Å². The molecule has 1 fully saturated rings. The molecule has 3 N–H and O–H groups in total. The summed E-state index contributed by atoms with van der Waals surface area (Å²) in [6, 6.07) is 8.38. The Balaban J connectivity index is 0.00000180. The molecular formula is C14H22IN3O. The van der Waals surface area contributed by atoms with Gasteiger partial charge in [0.15, 0.2) is 5.96 Å². The number of nitrogens with zero attached hydrogens (tertiary/aromatic N) is 2. The zero-order valence-corrected chi connectivity index (χ0v) is 13.7. The largest absolute Gasteiger partial charge is 0.386 e. The van der Waals surface area contributed by atoms with Crippen molar-refractivity contribution in [2.45, 2.75) is 31.9 Å². The maximum atomic E-state index is 10.0. The van der Waals surface area contributed by atoms with Crippen molar-refractivity contribution in [1.29, 1.82) is 0 Å². The maximum absolute atomic E-state index is 10.0. The molecule has 0 amide bonds. The summed E-state index contributed by atoms with van der Waals surface area (Å²) in [6.07, 6.45) is 1.79. The minimum absolute atomic E-state index is 0. The van der Waals surface area contributed by atoms with E-state index in [9.17, 15) is 5.11 Å². The van der Waals surface area contributed by atoms with Crippen LogP contribution in [0, 0.1) is 6.92 Å². The van der Waals surface area contributed by atoms with Gasteiger partial charge in [0.2, 0.25) is 0 Å². The third-order valence-corrected chi connectivity index (χ3v) is 3.31.